The summed E-state index contributed by atoms with van der Waals surface area (Å²) in [6, 6.07) is 8.27. The molecule has 0 amide bonds. The van der Waals surface area contributed by atoms with Gasteiger partial charge in [-0.2, -0.15) is 21.4 Å². The molecule has 0 atom stereocenters. The molecule has 0 N–H and O–H groups in total. The standard InChI is InChI=1S/C12H12N4S2/c1-8-5-3-4-6-9(8)11-15-16-10(7-17-2)13-14-12(16)18-11/h3-6H,7H2,1-2H3. The van der Waals surface area contributed by atoms with Crippen LogP contribution in [-0.2, 0) is 5.75 Å². The minimum atomic E-state index is 0.831. The van der Waals surface area contributed by atoms with Crippen molar-refractivity contribution >= 4 is 28.1 Å². The van der Waals surface area contributed by atoms with Gasteiger partial charge in [-0.05, 0) is 18.7 Å². The summed E-state index contributed by atoms with van der Waals surface area (Å²) < 4.78 is 1.85. The maximum Gasteiger partial charge on any atom is 0.235 e. The van der Waals surface area contributed by atoms with Crippen LogP contribution < -0.4 is 0 Å². The lowest BCUT2D eigenvalue weighted by molar-refractivity contribution is 0.888. The molecule has 0 unspecified atom stereocenters. The van der Waals surface area contributed by atoms with Crippen LogP contribution >= 0.6 is 23.1 Å². The van der Waals surface area contributed by atoms with Crippen LogP contribution in [-0.4, -0.2) is 26.1 Å². The molecule has 0 bridgehead atoms. The molecule has 2 aromatic heterocycles. The van der Waals surface area contributed by atoms with Crippen molar-refractivity contribution in [3.05, 3.63) is 35.7 Å². The third kappa shape index (κ3) is 1.91. The fraction of sp³-hybridized carbons (Fsp3) is 0.250. The van der Waals surface area contributed by atoms with Crippen molar-refractivity contribution in [3.63, 3.8) is 0 Å². The zero-order valence-electron chi connectivity index (χ0n) is 10.1. The lowest BCUT2D eigenvalue weighted by atomic mass is 10.1. The van der Waals surface area contributed by atoms with Crippen LogP contribution in [0.2, 0.25) is 0 Å². The Kier molecular flexibility index (Phi) is 3.05. The van der Waals surface area contributed by atoms with Crippen LogP contribution in [0.25, 0.3) is 15.5 Å². The summed E-state index contributed by atoms with van der Waals surface area (Å²) in [5.41, 5.74) is 2.40. The Morgan fingerprint density at radius 2 is 2.11 bits per heavy atom. The third-order valence-electron chi connectivity index (χ3n) is 2.70. The molecule has 1 aromatic carbocycles. The number of hydrogen-bond donors (Lipinski definition) is 0. The number of thioether (sulfide) groups is 1. The lowest BCUT2D eigenvalue weighted by Gasteiger charge is -1.99. The minimum absolute atomic E-state index is 0.831. The van der Waals surface area contributed by atoms with Gasteiger partial charge in [-0.3, -0.25) is 0 Å². The number of fused-ring (bicyclic) bond motifs is 1. The van der Waals surface area contributed by atoms with Crippen LogP contribution in [0.1, 0.15) is 11.4 Å². The van der Waals surface area contributed by atoms with E-state index in [9.17, 15) is 0 Å². The second-order valence-electron chi connectivity index (χ2n) is 3.97. The van der Waals surface area contributed by atoms with Gasteiger partial charge in [-0.25, -0.2) is 0 Å². The first-order valence-corrected chi connectivity index (χ1v) is 7.76. The first-order chi connectivity index (χ1) is 8.79. The summed E-state index contributed by atoms with van der Waals surface area (Å²) in [4.78, 5) is 0.859. The van der Waals surface area contributed by atoms with Gasteiger partial charge in [0.2, 0.25) is 4.96 Å². The van der Waals surface area contributed by atoms with Crippen molar-refractivity contribution in [1.82, 2.24) is 19.8 Å². The Balaban J connectivity index is 2.11. The van der Waals surface area contributed by atoms with Crippen molar-refractivity contribution in [1.29, 1.82) is 0 Å². The SMILES string of the molecule is CSCc1nnc2sc(-c3ccccc3C)nn12. The van der Waals surface area contributed by atoms with Crippen LogP contribution in [0, 0.1) is 6.92 Å². The number of aryl methyl sites for hydroxylation is 1. The third-order valence-corrected chi connectivity index (χ3v) is 4.18. The molecule has 0 saturated heterocycles. The Bertz CT molecular complexity index is 686. The molecule has 0 spiro atoms. The van der Waals surface area contributed by atoms with Crippen molar-refractivity contribution < 1.29 is 0 Å². The number of hydrogen-bond acceptors (Lipinski definition) is 5. The highest BCUT2D eigenvalue weighted by molar-refractivity contribution is 7.97. The molecule has 92 valence electrons. The van der Waals surface area contributed by atoms with E-state index in [0.717, 1.165) is 21.5 Å². The smallest absolute Gasteiger partial charge is 0.186 e. The molecule has 0 aliphatic carbocycles. The van der Waals surface area contributed by atoms with Gasteiger partial charge in [0, 0.05) is 5.56 Å². The molecule has 0 saturated carbocycles. The van der Waals surface area contributed by atoms with Crippen molar-refractivity contribution in [3.8, 4) is 10.6 Å². The van der Waals surface area contributed by atoms with E-state index in [-0.39, 0.29) is 0 Å². The zero-order valence-corrected chi connectivity index (χ0v) is 11.8. The summed E-state index contributed by atoms with van der Waals surface area (Å²) in [5, 5.41) is 13.9. The molecule has 0 aliphatic heterocycles. The van der Waals surface area contributed by atoms with Crippen molar-refractivity contribution in [2.75, 3.05) is 6.26 Å². The molecule has 6 heteroatoms. The molecule has 0 aliphatic rings. The van der Waals surface area contributed by atoms with Gasteiger partial charge in [0.1, 0.15) is 5.01 Å². The topological polar surface area (TPSA) is 43.1 Å². The molecule has 0 radical (unpaired) electrons. The fourth-order valence-corrected chi connectivity index (χ4v) is 3.19. The van der Waals surface area contributed by atoms with Gasteiger partial charge in [-0.15, -0.1) is 10.2 Å². The summed E-state index contributed by atoms with van der Waals surface area (Å²) in [6.45, 7) is 2.10. The predicted molar refractivity (Wildman–Crippen MR) is 76.1 cm³/mol. The monoisotopic (exact) mass is 276 g/mol. The molecule has 2 heterocycles. The van der Waals surface area contributed by atoms with Gasteiger partial charge < -0.3 is 0 Å². The van der Waals surface area contributed by atoms with Crippen molar-refractivity contribution in [2.24, 2.45) is 0 Å². The highest BCUT2D eigenvalue weighted by Gasteiger charge is 2.13. The molecular formula is C12H12N4S2. The lowest BCUT2D eigenvalue weighted by Crippen LogP contribution is -1.93. The Labute approximate surface area is 113 Å². The quantitative estimate of drug-likeness (QED) is 0.737. The summed E-state index contributed by atoms with van der Waals surface area (Å²) >= 11 is 3.30. The highest BCUT2D eigenvalue weighted by Crippen LogP contribution is 2.28. The average molecular weight is 276 g/mol. The highest BCUT2D eigenvalue weighted by atomic mass is 32.2. The van der Waals surface area contributed by atoms with E-state index < -0.39 is 0 Å². The Morgan fingerprint density at radius 3 is 2.89 bits per heavy atom. The number of rotatable bonds is 3. The van der Waals surface area contributed by atoms with E-state index in [2.05, 4.69) is 40.6 Å². The van der Waals surface area contributed by atoms with Gasteiger partial charge in [-0.1, -0.05) is 35.6 Å². The normalized spacial score (nSPS) is 11.2. The van der Waals surface area contributed by atoms with Crippen LogP contribution in [0.4, 0.5) is 0 Å². The molecule has 3 aromatic rings. The largest absolute Gasteiger partial charge is 0.235 e. The van der Waals surface area contributed by atoms with E-state index >= 15 is 0 Å². The molecule has 4 nitrogen and oxygen atoms in total. The summed E-state index contributed by atoms with van der Waals surface area (Å²) in [5.74, 6) is 1.74. The van der Waals surface area contributed by atoms with E-state index in [1.165, 1.54) is 11.1 Å². The summed E-state index contributed by atoms with van der Waals surface area (Å²) in [7, 11) is 0. The van der Waals surface area contributed by atoms with E-state index in [4.69, 9.17) is 0 Å². The zero-order chi connectivity index (χ0) is 12.5. The molecule has 0 fully saturated rings. The minimum Gasteiger partial charge on any atom is -0.186 e. The first kappa shape index (κ1) is 11.7. The average Bonchev–Trinajstić information content (AvgIpc) is 2.92. The maximum absolute atomic E-state index is 4.62. The number of benzene rings is 1. The fourth-order valence-electron chi connectivity index (χ4n) is 1.80. The van der Waals surface area contributed by atoms with Gasteiger partial charge in [0.15, 0.2) is 5.82 Å². The van der Waals surface area contributed by atoms with Crippen LogP contribution in [0.3, 0.4) is 0 Å². The summed E-state index contributed by atoms with van der Waals surface area (Å²) in [6.07, 6.45) is 2.05. The van der Waals surface area contributed by atoms with Gasteiger partial charge in [0.05, 0.1) is 5.75 Å². The molecule has 18 heavy (non-hydrogen) atoms. The first-order valence-electron chi connectivity index (χ1n) is 5.55. The van der Waals surface area contributed by atoms with E-state index in [1.54, 1.807) is 23.1 Å². The second-order valence-corrected chi connectivity index (χ2v) is 5.79. The number of aromatic nitrogens is 4. The molecule has 3 rings (SSSR count). The molecular weight excluding hydrogens is 264 g/mol. The Hall–Kier alpha value is -1.40. The van der Waals surface area contributed by atoms with Gasteiger partial charge >= 0.3 is 0 Å². The van der Waals surface area contributed by atoms with Gasteiger partial charge in [0.25, 0.3) is 0 Å². The second kappa shape index (κ2) is 4.70. The Morgan fingerprint density at radius 1 is 1.28 bits per heavy atom. The van der Waals surface area contributed by atoms with E-state index in [0.29, 0.717) is 0 Å². The van der Waals surface area contributed by atoms with Crippen LogP contribution in [0.5, 0.6) is 0 Å². The number of nitrogens with zero attached hydrogens (tertiary/aromatic N) is 4. The van der Waals surface area contributed by atoms with E-state index in [1.807, 2.05) is 16.6 Å². The predicted octanol–water partition coefficient (Wildman–Crippen LogP) is 3.02. The maximum atomic E-state index is 4.62. The van der Waals surface area contributed by atoms with Crippen LogP contribution in [0.15, 0.2) is 24.3 Å². The van der Waals surface area contributed by atoms with Crippen molar-refractivity contribution in [2.45, 2.75) is 12.7 Å².